The molecule has 1 saturated heterocycles. The van der Waals surface area contributed by atoms with Gasteiger partial charge in [0.2, 0.25) is 0 Å². The van der Waals surface area contributed by atoms with Crippen molar-refractivity contribution in [3.8, 4) is 11.8 Å². The van der Waals surface area contributed by atoms with Crippen LogP contribution in [0.4, 0.5) is 5.82 Å². The number of nitrogens with zero attached hydrogens (tertiary/aromatic N) is 8. The van der Waals surface area contributed by atoms with Crippen LogP contribution >= 0.6 is 0 Å². The Morgan fingerprint density at radius 2 is 1.86 bits per heavy atom. The molecule has 10 heteroatoms. The summed E-state index contributed by atoms with van der Waals surface area (Å²) in [5.74, 6) is 1.37. The van der Waals surface area contributed by atoms with E-state index in [2.05, 4.69) is 30.2 Å². The smallest absolute Gasteiger partial charge is 0.317 e. The van der Waals surface area contributed by atoms with E-state index < -0.39 is 0 Å². The van der Waals surface area contributed by atoms with Gasteiger partial charge in [-0.1, -0.05) is 0 Å². The fourth-order valence-corrected chi connectivity index (χ4v) is 2.91. The lowest BCUT2D eigenvalue weighted by atomic mass is 10.3. The van der Waals surface area contributed by atoms with Crippen molar-refractivity contribution < 1.29 is 9.53 Å². The molecule has 28 heavy (non-hydrogen) atoms. The summed E-state index contributed by atoms with van der Waals surface area (Å²) in [6.07, 6.45) is 5.12. The highest BCUT2D eigenvalue weighted by atomic mass is 16.5. The zero-order chi connectivity index (χ0) is 19.3. The van der Waals surface area contributed by atoms with Crippen LogP contribution in [0.5, 0.6) is 6.01 Å². The van der Waals surface area contributed by atoms with Crippen molar-refractivity contribution in [3.63, 3.8) is 0 Å². The predicted molar refractivity (Wildman–Crippen MR) is 100 cm³/mol. The molecular formula is C18H20N8O2. The van der Waals surface area contributed by atoms with Crippen LogP contribution in [0.25, 0.3) is 5.82 Å². The molecule has 1 aliphatic rings. The molecule has 3 aromatic rings. The van der Waals surface area contributed by atoms with Gasteiger partial charge in [0.1, 0.15) is 0 Å². The third kappa shape index (κ3) is 4.05. The molecule has 0 bridgehead atoms. The summed E-state index contributed by atoms with van der Waals surface area (Å²) in [4.78, 5) is 24.4. The van der Waals surface area contributed by atoms with Gasteiger partial charge in [0.05, 0.1) is 0 Å². The van der Waals surface area contributed by atoms with Gasteiger partial charge in [-0.15, -0.1) is 10.2 Å². The van der Waals surface area contributed by atoms with Crippen LogP contribution in [0.1, 0.15) is 5.69 Å². The van der Waals surface area contributed by atoms with Crippen molar-refractivity contribution >= 4 is 11.7 Å². The van der Waals surface area contributed by atoms with Crippen molar-refractivity contribution in [2.24, 2.45) is 0 Å². The van der Waals surface area contributed by atoms with E-state index in [1.54, 1.807) is 28.0 Å². The molecule has 0 aliphatic carbocycles. The topological polar surface area (TPSA) is 102 Å². The lowest BCUT2D eigenvalue weighted by Crippen LogP contribution is -2.50. The number of aryl methyl sites for hydroxylation is 1. The molecule has 10 nitrogen and oxygen atoms in total. The Kier molecular flexibility index (Phi) is 5.09. The van der Waals surface area contributed by atoms with Gasteiger partial charge < -0.3 is 14.5 Å². The average Bonchev–Trinajstić information content (AvgIpc) is 3.27. The molecule has 0 saturated carbocycles. The highest BCUT2D eigenvalue weighted by molar-refractivity contribution is 5.78. The van der Waals surface area contributed by atoms with E-state index in [-0.39, 0.29) is 18.5 Å². The first-order valence-corrected chi connectivity index (χ1v) is 8.98. The van der Waals surface area contributed by atoms with Crippen LogP contribution in [-0.2, 0) is 4.79 Å². The number of carbonyl (C=O) groups excluding carboxylic acids is 1. The van der Waals surface area contributed by atoms with Crippen LogP contribution in [0.3, 0.4) is 0 Å². The minimum Gasteiger partial charge on any atom is -0.453 e. The van der Waals surface area contributed by atoms with E-state index in [9.17, 15) is 4.79 Å². The van der Waals surface area contributed by atoms with Crippen LogP contribution in [0.15, 0.2) is 42.9 Å². The Bertz CT molecular complexity index is 921. The average molecular weight is 380 g/mol. The summed E-state index contributed by atoms with van der Waals surface area (Å²) in [7, 11) is 0. The van der Waals surface area contributed by atoms with Gasteiger partial charge in [0, 0.05) is 50.5 Å². The Labute approximate surface area is 161 Å². The molecule has 144 valence electrons. The molecule has 1 amide bonds. The molecule has 0 atom stereocenters. The molecule has 0 spiro atoms. The van der Waals surface area contributed by atoms with E-state index in [1.165, 1.54) is 0 Å². The van der Waals surface area contributed by atoms with Crippen molar-refractivity contribution in [1.82, 2.24) is 34.8 Å². The molecule has 0 radical (unpaired) electrons. The van der Waals surface area contributed by atoms with Gasteiger partial charge in [0.15, 0.2) is 18.2 Å². The SMILES string of the molecule is Cc1ccnc(OCC(=O)N2CCN(c3ccc(-n4cccn4)nn3)CC2)n1. The number of carbonyl (C=O) groups is 1. The molecule has 0 N–H and O–H groups in total. The number of hydrogen-bond acceptors (Lipinski definition) is 8. The molecule has 4 heterocycles. The Morgan fingerprint density at radius 1 is 1.07 bits per heavy atom. The molecule has 1 fully saturated rings. The summed E-state index contributed by atoms with van der Waals surface area (Å²) in [6, 6.07) is 7.63. The second kappa shape index (κ2) is 7.99. The van der Waals surface area contributed by atoms with Crippen molar-refractivity contribution in [2.45, 2.75) is 6.92 Å². The van der Waals surface area contributed by atoms with E-state index in [4.69, 9.17) is 4.74 Å². The van der Waals surface area contributed by atoms with Gasteiger partial charge in [0.25, 0.3) is 5.91 Å². The van der Waals surface area contributed by atoms with Gasteiger partial charge in [-0.2, -0.15) is 5.10 Å². The second-order valence-electron chi connectivity index (χ2n) is 6.34. The van der Waals surface area contributed by atoms with Crippen LogP contribution in [0, 0.1) is 6.92 Å². The highest BCUT2D eigenvalue weighted by Gasteiger charge is 2.22. The largest absolute Gasteiger partial charge is 0.453 e. The van der Waals surface area contributed by atoms with Crippen molar-refractivity contribution in [2.75, 3.05) is 37.7 Å². The van der Waals surface area contributed by atoms with Crippen molar-refractivity contribution in [3.05, 3.63) is 48.5 Å². The zero-order valence-electron chi connectivity index (χ0n) is 15.5. The Balaban J connectivity index is 1.28. The molecule has 3 aromatic heterocycles. The lowest BCUT2D eigenvalue weighted by molar-refractivity contribution is -0.133. The first-order chi connectivity index (χ1) is 13.7. The summed E-state index contributed by atoms with van der Waals surface area (Å²) >= 11 is 0. The van der Waals surface area contributed by atoms with E-state index in [0.29, 0.717) is 32.0 Å². The minimum atomic E-state index is -0.0788. The number of aromatic nitrogens is 6. The summed E-state index contributed by atoms with van der Waals surface area (Å²) in [5.41, 5.74) is 0.797. The van der Waals surface area contributed by atoms with Crippen LogP contribution in [-0.4, -0.2) is 73.5 Å². The zero-order valence-corrected chi connectivity index (χ0v) is 15.5. The number of amides is 1. The van der Waals surface area contributed by atoms with Gasteiger partial charge in [-0.25, -0.2) is 14.6 Å². The van der Waals surface area contributed by atoms with E-state index in [1.807, 2.05) is 31.3 Å². The molecule has 4 rings (SSSR count). The van der Waals surface area contributed by atoms with Crippen LogP contribution in [0.2, 0.25) is 0 Å². The standard InChI is InChI=1S/C18H20N8O2/c1-14-5-7-19-18(21-14)28-13-17(27)25-11-9-24(10-12-25)15-3-4-16(23-22-15)26-8-2-6-20-26/h2-8H,9-13H2,1H3. The first kappa shape index (κ1) is 17.8. The minimum absolute atomic E-state index is 0.0676. The number of hydrogen-bond donors (Lipinski definition) is 0. The summed E-state index contributed by atoms with van der Waals surface area (Å²) in [6.45, 7) is 4.34. The van der Waals surface area contributed by atoms with E-state index >= 15 is 0 Å². The van der Waals surface area contributed by atoms with Gasteiger partial charge in [-0.05, 0) is 31.2 Å². The molecule has 1 aliphatic heterocycles. The lowest BCUT2D eigenvalue weighted by Gasteiger charge is -2.35. The van der Waals surface area contributed by atoms with Gasteiger partial charge in [-0.3, -0.25) is 4.79 Å². The number of anilines is 1. The summed E-state index contributed by atoms with van der Waals surface area (Å²) < 4.78 is 7.06. The highest BCUT2D eigenvalue weighted by Crippen LogP contribution is 2.14. The predicted octanol–water partition coefficient (Wildman–Crippen LogP) is 0.488. The van der Waals surface area contributed by atoms with Gasteiger partial charge >= 0.3 is 6.01 Å². The molecule has 0 unspecified atom stereocenters. The maximum atomic E-state index is 12.4. The number of ether oxygens (including phenoxy) is 1. The summed E-state index contributed by atoms with van der Waals surface area (Å²) in [5, 5.41) is 12.6. The van der Waals surface area contributed by atoms with E-state index in [0.717, 1.165) is 11.5 Å². The monoisotopic (exact) mass is 380 g/mol. The third-order valence-corrected chi connectivity index (χ3v) is 4.43. The van der Waals surface area contributed by atoms with Crippen LogP contribution < -0.4 is 9.64 Å². The second-order valence-corrected chi connectivity index (χ2v) is 6.34. The third-order valence-electron chi connectivity index (χ3n) is 4.43. The maximum absolute atomic E-state index is 12.4. The Morgan fingerprint density at radius 3 is 2.54 bits per heavy atom. The quantitative estimate of drug-likeness (QED) is 0.630. The fourth-order valence-electron chi connectivity index (χ4n) is 2.91. The van der Waals surface area contributed by atoms with Crippen molar-refractivity contribution in [1.29, 1.82) is 0 Å². The first-order valence-electron chi connectivity index (χ1n) is 8.98. The Hall–Kier alpha value is -3.56. The normalized spacial score (nSPS) is 14.2. The maximum Gasteiger partial charge on any atom is 0.317 e. The number of piperazine rings is 1. The fraction of sp³-hybridized carbons (Fsp3) is 0.333. The molecule has 0 aromatic carbocycles. The molecular weight excluding hydrogens is 360 g/mol. The number of rotatable bonds is 5.